The van der Waals surface area contributed by atoms with Crippen LogP contribution in [0.25, 0.3) is 0 Å². The molecule has 3 heteroatoms. The second kappa shape index (κ2) is 6.03. The molecule has 1 N–H and O–H groups in total. The van der Waals surface area contributed by atoms with E-state index in [1.54, 1.807) is 18.4 Å². The molecular formula is C15H19NOS. The van der Waals surface area contributed by atoms with Crippen LogP contribution in [-0.4, -0.2) is 7.11 Å². The number of hydrogen-bond acceptors (Lipinski definition) is 3. The van der Waals surface area contributed by atoms with E-state index in [0.717, 1.165) is 5.75 Å². The largest absolute Gasteiger partial charge is 0.497 e. The van der Waals surface area contributed by atoms with Gasteiger partial charge in [0.1, 0.15) is 5.75 Å². The van der Waals surface area contributed by atoms with Crippen LogP contribution in [0.5, 0.6) is 5.75 Å². The van der Waals surface area contributed by atoms with E-state index in [2.05, 4.69) is 48.8 Å². The Morgan fingerprint density at radius 3 is 2.61 bits per heavy atom. The number of hydrogen-bond donors (Lipinski definition) is 1. The maximum atomic E-state index is 5.26. The van der Waals surface area contributed by atoms with Crippen LogP contribution in [0.4, 0.5) is 0 Å². The Bertz CT molecular complexity index is 481. The minimum absolute atomic E-state index is 0.303. The van der Waals surface area contributed by atoms with E-state index in [-0.39, 0.29) is 0 Å². The number of rotatable bonds is 5. The summed E-state index contributed by atoms with van der Waals surface area (Å²) in [7, 11) is 1.70. The highest BCUT2D eigenvalue weighted by Crippen LogP contribution is 2.24. The molecule has 2 rings (SSSR count). The van der Waals surface area contributed by atoms with Crippen LogP contribution in [0.1, 0.15) is 36.4 Å². The summed E-state index contributed by atoms with van der Waals surface area (Å²) in [5, 5.41) is 5.72. The summed E-state index contributed by atoms with van der Waals surface area (Å²) >= 11 is 1.79. The van der Waals surface area contributed by atoms with Gasteiger partial charge < -0.3 is 10.1 Å². The topological polar surface area (TPSA) is 21.3 Å². The van der Waals surface area contributed by atoms with Crippen molar-refractivity contribution in [3.05, 3.63) is 52.2 Å². The van der Waals surface area contributed by atoms with E-state index in [1.165, 1.54) is 10.4 Å². The van der Waals surface area contributed by atoms with E-state index in [0.29, 0.717) is 12.1 Å². The molecule has 2 nitrogen and oxygen atoms in total. The molecule has 0 aliphatic carbocycles. The van der Waals surface area contributed by atoms with Gasteiger partial charge in [-0.25, -0.2) is 0 Å². The molecule has 2 aromatic rings. The third-order valence-electron chi connectivity index (χ3n) is 3.06. The second-order valence-electron chi connectivity index (χ2n) is 4.40. The third kappa shape index (κ3) is 3.12. The van der Waals surface area contributed by atoms with Gasteiger partial charge in [0.15, 0.2) is 0 Å². The van der Waals surface area contributed by atoms with E-state index in [4.69, 9.17) is 4.74 Å². The lowest BCUT2D eigenvalue weighted by Crippen LogP contribution is -2.21. The molecule has 1 aromatic carbocycles. The zero-order valence-corrected chi connectivity index (χ0v) is 11.8. The Kier molecular flexibility index (Phi) is 4.39. The molecular weight excluding hydrogens is 242 g/mol. The highest BCUT2D eigenvalue weighted by atomic mass is 32.1. The average Bonchev–Trinajstić information content (AvgIpc) is 2.92. The van der Waals surface area contributed by atoms with Crippen molar-refractivity contribution in [2.45, 2.75) is 25.9 Å². The van der Waals surface area contributed by atoms with Crippen molar-refractivity contribution in [2.24, 2.45) is 0 Å². The van der Waals surface area contributed by atoms with Crippen molar-refractivity contribution in [3.8, 4) is 5.75 Å². The fourth-order valence-corrected chi connectivity index (χ4v) is 2.75. The van der Waals surface area contributed by atoms with E-state index < -0.39 is 0 Å². The Hall–Kier alpha value is -1.32. The predicted molar refractivity (Wildman–Crippen MR) is 77.3 cm³/mol. The maximum Gasteiger partial charge on any atom is 0.119 e. The number of methoxy groups -OCH3 is 1. The van der Waals surface area contributed by atoms with Crippen molar-refractivity contribution in [1.29, 1.82) is 0 Å². The van der Waals surface area contributed by atoms with Gasteiger partial charge in [-0.05, 0) is 43.0 Å². The fraction of sp³-hybridized carbons (Fsp3) is 0.333. The zero-order valence-electron chi connectivity index (χ0n) is 11.0. The van der Waals surface area contributed by atoms with Gasteiger partial charge in [-0.2, -0.15) is 0 Å². The van der Waals surface area contributed by atoms with Crippen LogP contribution in [-0.2, 0) is 0 Å². The van der Waals surface area contributed by atoms with Gasteiger partial charge in [-0.1, -0.05) is 18.2 Å². The molecule has 0 aliphatic heterocycles. The first-order chi connectivity index (χ1) is 8.70. The number of thiophene rings is 1. The third-order valence-corrected chi connectivity index (χ3v) is 4.12. The summed E-state index contributed by atoms with van der Waals surface area (Å²) < 4.78 is 5.26. The smallest absolute Gasteiger partial charge is 0.119 e. The summed E-state index contributed by atoms with van der Waals surface area (Å²) in [6, 6.07) is 13.1. The molecule has 1 heterocycles. The number of ether oxygens (including phenoxy) is 1. The molecule has 0 saturated heterocycles. The van der Waals surface area contributed by atoms with Crippen LogP contribution in [0.3, 0.4) is 0 Å². The molecule has 2 atom stereocenters. The zero-order chi connectivity index (χ0) is 13.0. The summed E-state index contributed by atoms with van der Waals surface area (Å²) in [4.78, 5) is 1.37. The van der Waals surface area contributed by atoms with Gasteiger partial charge in [-0.3, -0.25) is 0 Å². The van der Waals surface area contributed by atoms with Gasteiger partial charge >= 0.3 is 0 Å². The van der Waals surface area contributed by atoms with E-state index in [9.17, 15) is 0 Å². The summed E-state index contributed by atoms with van der Waals surface area (Å²) in [5.74, 6) is 0.907. The first kappa shape index (κ1) is 13.1. The maximum absolute atomic E-state index is 5.26. The Balaban J connectivity index is 2.04. The molecule has 0 spiro atoms. The first-order valence-corrected chi connectivity index (χ1v) is 7.02. The Morgan fingerprint density at radius 2 is 1.94 bits per heavy atom. The lowest BCUT2D eigenvalue weighted by atomic mass is 10.1. The van der Waals surface area contributed by atoms with E-state index >= 15 is 0 Å². The standard InChI is InChI=1S/C15H19NOS/c1-11(13-6-4-7-14(10-13)17-3)16-12(2)15-8-5-9-18-15/h4-12,16H,1-3H3/t11-,12?/m0/s1. The van der Waals surface area contributed by atoms with Crippen molar-refractivity contribution < 1.29 is 4.74 Å². The van der Waals surface area contributed by atoms with Crippen LogP contribution < -0.4 is 10.1 Å². The highest BCUT2D eigenvalue weighted by Gasteiger charge is 2.12. The second-order valence-corrected chi connectivity index (χ2v) is 5.38. The molecule has 1 aromatic heterocycles. The quantitative estimate of drug-likeness (QED) is 0.872. The normalized spacial score (nSPS) is 14.2. The average molecular weight is 261 g/mol. The van der Waals surface area contributed by atoms with Crippen molar-refractivity contribution in [3.63, 3.8) is 0 Å². The molecule has 0 fully saturated rings. The summed E-state index contributed by atoms with van der Waals surface area (Å²) in [5.41, 5.74) is 1.25. The van der Waals surface area contributed by atoms with Gasteiger partial charge in [0.25, 0.3) is 0 Å². The molecule has 0 bridgehead atoms. The van der Waals surface area contributed by atoms with Crippen LogP contribution in [0.15, 0.2) is 41.8 Å². The molecule has 1 unspecified atom stereocenters. The van der Waals surface area contributed by atoms with Gasteiger partial charge in [-0.15, -0.1) is 11.3 Å². The van der Waals surface area contributed by atoms with Crippen molar-refractivity contribution >= 4 is 11.3 Å². The van der Waals surface area contributed by atoms with Crippen molar-refractivity contribution in [2.75, 3.05) is 7.11 Å². The summed E-state index contributed by atoms with van der Waals surface area (Å²) in [6.45, 7) is 4.38. The first-order valence-electron chi connectivity index (χ1n) is 6.14. The molecule has 0 aliphatic rings. The van der Waals surface area contributed by atoms with Crippen LogP contribution >= 0.6 is 11.3 Å². The lowest BCUT2D eigenvalue weighted by molar-refractivity contribution is 0.412. The van der Waals surface area contributed by atoms with Gasteiger partial charge in [0.05, 0.1) is 7.11 Å². The fourth-order valence-electron chi connectivity index (χ4n) is 2.00. The highest BCUT2D eigenvalue weighted by molar-refractivity contribution is 7.10. The SMILES string of the molecule is COc1cccc([C@H](C)NC(C)c2cccs2)c1. The molecule has 0 amide bonds. The number of nitrogens with one attached hydrogen (secondary N) is 1. The minimum Gasteiger partial charge on any atom is -0.497 e. The number of benzene rings is 1. The molecule has 96 valence electrons. The molecule has 0 saturated carbocycles. The molecule has 18 heavy (non-hydrogen) atoms. The summed E-state index contributed by atoms with van der Waals surface area (Å²) in [6.07, 6.45) is 0. The Labute approximate surface area is 113 Å². The predicted octanol–water partition coefficient (Wildman–Crippen LogP) is 4.17. The Morgan fingerprint density at radius 1 is 1.11 bits per heavy atom. The van der Waals surface area contributed by atoms with Crippen LogP contribution in [0.2, 0.25) is 0 Å². The van der Waals surface area contributed by atoms with E-state index in [1.807, 2.05) is 12.1 Å². The van der Waals surface area contributed by atoms with Gasteiger partial charge in [0.2, 0.25) is 0 Å². The van der Waals surface area contributed by atoms with Gasteiger partial charge in [0, 0.05) is 17.0 Å². The van der Waals surface area contributed by atoms with Crippen LogP contribution in [0, 0.1) is 0 Å². The van der Waals surface area contributed by atoms with Crippen molar-refractivity contribution in [1.82, 2.24) is 5.32 Å². The monoisotopic (exact) mass is 261 g/mol. The minimum atomic E-state index is 0.303. The molecule has 0 radical (unpaired) electrons. The lowest BCUT2D eigenvalue weighted by Gasteiger charge is -2.20.